The molecule has 21 heavy (non-hydrogen) atoms. The Hall–Kier alpha value is -1.24. The van der Waals surface area contributed by atoms with E-state index in [1.165, 1.54) is 11.3 Å². The molecule has 3 rings (SSSR count). The van der Waals surface area contributed by atoms with Gasteiger partial charge in [-0.15, -0.1) is 22.7 Å². The molecule has 1 saturated heterocycles. The lowest BCUT2D eigenvalue weighted by molar-refractivity contribution is 0.0677. The van der Waals surface area contributed by atoms with Crippen molar-refractivity contribution in [3.63, 3.8) is 0 Å². The van der Waals surface area contributed by atoms with E-state index in [-0.39, 0.29) is 18.1 Å². The summed E-state index contributed by atoms with van der Waals surface area (Å²) in [6.45, 7) is 2.54. The zero-order valence-corrected chi connectivity index (χ0v) is 13.5. The Labute approximate surface area is 132 Å². The predicted octanol–water partition coefficient (Wildman–Crippen LogP) is 3.25. The molecule has 0 radical (unpaired) electrons. The fraction of sp³-hybridized carbons (Fsp3) is 0.467. The number of hydrogen-bond acceptors (Lipinski definition) is 5. The predicted molar refractivity (Wildman–Crippen MR) is 85.8 cm³/mol. The highest BCUT2D eigenvalue weighted by atomic mass is 32.1. The molecule has 1 N–H and O–H groups in total. The molecule has 1 fully saturated rings. The quantitative estimate of drug-likeness (QED) is 0.940. The molecule has 2 unspecified atom stereocenters. The highest BCUT2D eigenvalue weighted by Gasteiger charge is 2.31. The van der Waals surface area contributed by atoms with Gasteiger partial charge in [-0.2, -0.15) is 0 Å². The lowest BCUT2D eigenvalue weighted by atomic mass is 10.1. The molecular formula is C15H18N2O2S2. The number of aromatic nitrogens is 1. The lowest BCUT2D eigenvalue weighted by Crippen LogP contribution is -2.37. The van der Waals surface area contributed by atoms with Crippen molar-refractivity contribution in [2.45, 2.75) is 38.3 Å². The van der Waals surface area contributed by atoms with Crippen molar-refractivity contribution >= 4 is 28.6 Å². The highest BCUT2D eigenvalue weighted by molar-refractivity contribution is 7.20. The van der Waals surface area contributed by atoms with Gasteiger partial charge in [0, 0.05) is 18.0 Å². The Kier molecular flexibility index (Phi) is 4.37. The van der Waals surface area contributed by atoms with Crippen molar-refractivity contribution < 1.29 is 9.90 Å². The maximum Gasteiger partial charge on any atom is 0.273 e. The molecule has 112 valence electrons. The van der Waals surface area contributed by atoms with Crippen LogP contribution in [0.5, 0.6) is 0 Å². The lowest BCUT2D eigenvalue weighted by Gasteiger charge is -2.24. The van der Waals surface area contributed by atoms with E-state index < -0.39 is 0 Å². The first kappa shape index (κ1) is 14.7. The standard InChI is InChI=1S/C15H18N2O2S2/c1-10(18)8-11-4-2-6-17(11)15(19)12-9-21-14(16-12)13-5-3-7-20-13/h3,5,7,9-11,18H,2,4,6,8H2,1H3. The fourth-order valence-corrected chi connectivity index (χ4v) is 4.38. The van der Waals surface area contributed by atoms with Gasteiger partial charge in [-0.25, -0.2) is 4.98 Å². The summed E-state index contributed by atoms with van der Waals surface area (Å²) in [6, 6.07) is 4.15. The van der Waals surface area contributed by atoms with Gasteiger partial charge in [0.05, 0.1) is 11.0 Å². The van der Waals surface area contributed by atoms with Crippen molar-refractivity contribution in [3.8, 4) is 9.88 Å². The first-order valence-electron chi connectivity index (χ1n) is 7.13. The molecule has 2 aromatic heterocycles. The van der Waals surface area contributed by atoms with E-state index in [9.17, 15) is 9.90 Å². The second-order valence-electron chi connectivity index (χ2n) is 5.39. The SMILES string of the molecule is CC(O)CC1CCCN1C(=O)c1csc(-c2cccs2)n1. The Balaban J connectivity index is 1.76. The number of carbonyl (C=O) groups is 1. The van der Waals surface area contributed by atoms with Crippen LogP contribution in [0.25, 0.3) is 9.88 Å². The minimum Gasteiger partial charge on any atom is -0.393 e. The molecule has 3 heterocycles. The summed E-state index contributed by atoms with van der Waals surface area (Å²) in [7, 11) is 0. The van der Waals surface area contributed by atoms with Crippen molar-refractivity contribution in [2.75, 3.05) is 6.54 Å². The van der Waals surface area contributed by atoms with Crippen molar-refractivity contribution in [1.29, 1.82) is 0 Å². The molecule has 2 atom stereocenters. The molecule has 0 spiro atoms. The van der Waals surface area contributed by atoms with E-state index in [0.717, 1.165) is 29.3 Å². The topological polar surface area (TPSA) is 53.4 Å². The number of amides is 1. The van der Waals surface area contributed by atoms with E-state index in [1.54, 1.807) is 18.3 Å². The molecule has 2 aromatic rings. The third kappa shape index (κ3) is 3.17. The number of nitrogens with zero attached hydrogens (tertiary/aromatic N) is 2. The van der Waals surface area contributed by atoms with Crippen LogP contribution in [-0.2, 0) is 0 Å². The molecule has 6 heteroatoms. The summed E-state index contributed by atoms with van der Waals surface area (Å²) in [5.74, 6) is -0.00259. The Morgan fingerprint density at radius 3 is 3.14 bits per heavy atom. The van der Waals surface area contributed by atoms with Crippen LogP contribution in [0.4, 0.5) is 0 Å². The average Bonchev–Trinajstić information content (AvgIpc) is 3.18. The summed E-state index contributed by atoms with van der Waals surface area (Å²) in [5, 5.41) is 14.3. The van der Waals surface area contributed by atoms with Gasteiger partial charge in [-0.3, -0.25) is 4.79 Å². The van der Waals surface area contributed by atoms with Gasteiger partial charge in [0.2, 0.25) is 0 Å². The van der Waals surface area contributed by atoms with Crippen LogP contribution < -0.4 is 0 Å². The molecule has 0 bridgehead atoms. The molecule has 1 aliphatic rings. The number of likely N-dealkylation sites (tertiary alicyclic amines) is 1. The summed E-state index contributed by atoms with van der Waals surface area (Å²) >= 11 is 3.14. The highest BCUT2D eigenvalue weighted by Crippen LogP contribution is 2.29. The maximum absolute atomic E-state index is 12.6. The number of thiophene rings is 1. The number of rotatable bonds is 4. The summed E-state index contributed by atoms with van der Waals surface area (Å²) in [4.78, 5) is 20.1. The minimum atomic E-state index is -0.375. The second kappa shape index (κ2) is 6.25. The maximum atomic E-state index is 12.6. The minimum absolute atomic E-state index is 0.00259. The zero-order chi connectivity index (χ0) is 14.8. The molecule has 1 aliphatic heterocycles. The molecule has 0 aromatic carbocycles. The van der Waals surface area contributed by atoms with Crippen molar-refractivity contribution in [3.05, 3.63) is 28.6 Å². The number of aliphatic hydroxyl groups is 1. The average molecular weight is 322 g/mol. The van der Waals surface area contributed by atoms with E-state index in [4.69, 9.17) is 0 Å². The van der Waals surface area contributed by atoms with Gasteiger partial charge < -0.3 is 10.0 Å². The number of hydrogen-bond donors (Lipinski definition) is 1. The van der Waals surface area contributed by atoms with Gasteiger partial charge in [-0.1, -0.05) is 6.07 Å². The summed E-state index contributed by atoms with van der Waals surface area (Å²) < 4.78 is 0. The number of carbonyl (C=O) groups excluding carboxylic acids is 1. The van der Waals surface area contributed by atoms with Crippen molar-refractivity contribution in [1.82, 2.24) is 9.88 Å². The van der Waals surface area contributed by atoms with E-state index >= 15 is 0 Å². The molecule has 1 amide bonds. The molecule has 4 nitrogen and oxygen atoms in total. The van der Waals surface area contributed by atoms with Gasteiger partial charge in [0.15, 0.2) is 0 Å². The monoisotopic (exact) mass is 322 g/mol. The summed E-state index contributed by atoms with van der Waals surface area (Å²) in [5.41, 5.74) is 0.529. The van der Waals surface area contributed by atoms with Crippen LogP contribution in [-0.4, -0.2) is 39.6 Å². The van der Waals surface area contributed by atoms with Crippen molar-refractivity contribution in [2.24, 2.45) is 0 Å². The first-order valence-corrected chi connectivity index (χ1v) is 8.89. The van der Waals surface area contributed by atoms with Crippen LogP contribution in [0.3, 0.4) is 0 Å². The number of aliphatic hydroxyl groups excluding tert-OH is 1. The Morgan fingerprint density at radius 1 is 1.57 bits per heavy atom. The van der Waals surface area contributed by atoms with Crippen LogP contribution in [0.2, 0.25) is 0 Å². The van der Waals surface area contributed by atoms with Crippen LogP contribution in [0, 0.1) is 0 Å². The second-order valence-corrected chi connectivity index (χ2v) is 7.20. The fourth-order valence-electron chi connectivity index (χ4n) is 2.77. The van der Waals surface area contributed by atoms with E-state index in [1.807, 2.05) is 27.8 Å². The Morgan fingerprint density at radius 2 is 2.43 bits per heavy atom. The zero-order valence-electron chi connectivity index (χ0n) is 11.9. The first-order chi connectivity index (χ1) is 10.1. The normalized spacial score (nSPS) is 19.9. The third-order valence-corrected chi connectivity index (χ3v) is 5.59. The van der Waals surface area contributed by atoms with Crippen LogP contribution >= 0.6 is 22.7 Å². The smallest absolute Gasteiger partial charge is 0.273 e. The van der Waals surface area contributed by atoms with Gasteiger partial charge in [0.25, 0.3) is 5.91 Å². The van der Waals surface area contributed by atoms with Gasteiger partial charge in [0.1, 0.15) is 10.7 Å². The van der Waals surface area contributed by atoms with Crippen LogP contribution in [0.15, 0.2) is 22.9 Å². The number of thiazole rings is 1. The van der Waals surface area contributed by atoms with Gasteiger partial charge in [-0.05, 0) is 37.6 Å². The molecule has 0 aliphatic carbocycles. The summed E-state index contributed by atoms with van der Waals surface area (Å²) in [6.07, 6.45) is 2.25. The van der Waals surface area contributed by atoms with Gasteiger partial charge >= 0.3 is 0 Å². The Bertz CT molecular complexity index is 607. The third-order valence-electron chi connectivity index (χ3n) is 3.71. The van der Waals surface area contributed by atoms with E-state index in [0.29, 0.717) is 12.1 Å². The van der Waals surface area contributed by atoms with E-state index in [2.05, 4.69) is 4.98 Å². The largest absolute Gasteiger partial charge is 0.393 e. The molecule has 0 saturated carbocycles. The molecular weight excluding hydrogens is 304 g/mol. The van der Waals surface area contributed by atoms with Crippen LogP contribution in [0.1, 0.15) is 36.7 Å².